The fourth-order valence-electron chi connectivity index (χ4n) is 2.73. The standard InChI is InChI=1S/C15H27NO4/c1-10(2)15(3,14(19)20)8-13(18)16-12-7-5-4-6-11(12)9-17/h10-12,17H,4-9H2,1-3H3,(H,16,18)(H,19,20). The van der Waals surface area contributed by atoms with Crippen LogP contribution in [-0.4, -0.2) is 34.7 Å². The van der Waals surface area contributed by atoms with E-state index in [1.165, 1.54) is 0 Å². The van der Waals surface area contributed by atoms with Gasteiger partial charge in [0.25, 0.3) is 0 Å². The summed E-state index contributed by atoms with van der Waals surface area (Å²) in [6.45, 7) is 5.33. The third-order valence-corrected chi connectivity index (χ3v) is 4.78. The summed E-state index contributed by atoms with van der Waals surface area (Å²) in [5, 5.41) is 21.6. The minimum absolute atomic E-state index is 0.0192. The van der Waals surface area contributed by atoms with Crippen molar-refractivity contribution < 1.29 is 19.8 Å². The number of carbonyl (C=O) groups excluding carboxylic acids is 1. The Bertz CT molecular complexity index is 356. The Labute approximate surface area is 120 Å². The van der Waals surface area contributed by atoms with Crippen LogP contribution in [0.5, 0.6) is 0 Å². The van der Waals surface area contributed by atoms with E-state index in [0.717, 1.165) is 25.7 Å². The zero-order valence-electron chi connectivity index (χ0n) is 12.7. The number of aliphatic hydroxyl groups is 1. The molecule has 0 radical (unpaired) electrons. The number of rotatable bonds is 6. The van der Waals surface area contributed by atoms with Crippen molar-refractivity contribution in [2.24, 2.45) is 17.3 Å². The minimum Gasteiger partial charge on any atom is -0.481 e. The van der Waals surface area contributed by atoms with Gasteiger partial charge in [-0.1, -0.05) is 26.7 Å². The highest BCUT2D eigenvalue weighted by Gasteiger charge is 2.39. The molecule has 5 heteroatoms. The summed E-state index contributed by atoms with van der Waals surface area (Å²) in [5.41, 5.74) is -1.05. The first-order valence-electron chi connectivity index (χ1n) is 7.45. The third kappa shape index (κ3) is 3.95. The molecule has 0 aromatic heterocycles. The van der Waals surface area contributed by atoms with Gasteiger partial charge in [-0.15, -0.1) is 0 Å². The average molecular weight is 285 g/mol. The van der Waals surface area contributed by atoms with Crippen molar-refractivity contribution in [2.75, 3.05) is 6.61 Å². The smallest absolute Gasteiger partial charge is 0.310 e. The van der Waals surface area contributed by atoms with Gasteiger partial charge in [-0.25, -0.2) is 0 Å². The number of carbonyl (C=O) groups is 2. The molecule has 0 aromatic rings. The Hall–Kier alpha value is -1.10. The van der Waals surface area contributed by atoms with Crippen LogP contribution in [0, 0.1) is 17.3 Å². The molecule has 0 spiro atoms. The molecule has 0 saturated heterocycles. The Balaban J connectivity index is 2.64. The predicted molar refractivity (Wildman–Crippen MR) is 76.2 cm³/mol. The number of aliphatic hydroxyl groups excluding tert-OH is 1. The molecule has 1 aliphatic rings. The van der Waals surface area contributed by atoms with E-state index in [2.05, 4.69) is 5.32 Å². The summed E-state index contributed by atoms with van der Waals surface area (Å²) in [5.74, 6) is -1.19. The maximum absolute atomic E-state index is 12.1. The van der Waals surface area contributed by atoms with Gasteiger partial charge >= 0.3 is 5.97 Å². The van der Waals surface area contributed by atoms with Crippen LogP contribution >= 0.6 is 0 Å². The molecule has 0 heterocycles. The lowest BCUT2D eigenvalue weighted by Crippen LogP contribution is -2.46. The number of carboxylic acids is 1. The molecule has 0 aliphatic heterocycles. The summed E-state index contributed by atoms with van der Waals surface area (Å²) < 4.78 is 0. The second-order valence-corrected chi connectivity index (χ2v) is 6.46. The summed E-state index contributed by atoms with van der Waals surface area (Å²) in [6.07, 6.45) is 3.89. The zero-order chi connectivity index (χ0) is 15.3. The first-order chi connectivity index (χ1) is 9.31. The lowest BCUT2D eigenvalue weighted by Gasteiger charge is -2.33. The highest BCUT2D eigenvalue weighted by molar-refractivity contribution is 5.85. The average Bonchev–Trinajstić information content (AvgIpc) is 2.38. The monoisotopic (exact) mass is 285 g/mol. The molecule has 1 saturated carbocycles. The van der Waals surface area contributed by atoms with Gasteiger partial charge in [-0.3, -0.25) is 9.59 Å². The maximum Gasteiger partial charge on any atom is 0.310 e. The quantitative estimate of drug-likeness (QED) is 0.694. The molecule has 1 amide bonds. The van der Waals surface area contributed by atoms with Gasteiger partial charge in [-0.2, -0.15) is 0 Å². The van der Waals surface area contributed by atoms with Crippen LogP contribution in [0.3, 0.4) is 0 Å². The first-order valence-corrected chi connectivity index (χ1v) is 7.45. The molecule has 1 aliphatic carbocycles. The summed E-state index contributed by atoms with van der Waals surface area (Å²) in [7, 11) is 0. The Morgan fingerprint density at radius 1 is 1.30 bits per heavy atom. The van der Waals surface area contributed by atoms with Gasteiger partial charge in [-0.05, 0) is 25.7 Å². The molecular weight excluding hydrogens is 258 g/mol. The Morgan fingerprint density at radius 3 is 2.40 bits per heavy atom. The van der Waals surface area contributed by atoms with Gasteiger partial charge < -0.3 is 15.5 Å². The number of aliphatic carboxylic acids is 1. The second kappa shape index (κ2) is 7.07. The Kier molecular flexibility index (Phi) is 5.99. The molecule has 0 bridgehead atoms. The minimum atomic E-state index is -1.05. The second-order valence-electron chi connectivity index (χ2n) is 6.46. The van der Waals surface area contributed by atoms with Gasteiger partial charge in [0.05, 0.1) is 5.41 Å². The largest absolute Gasteiger partial charge is 0.481 e. The van der Waals surface area contributed by atoms with Crippen molar-refractivity contribution in [3.05, 3.63) is 0 Å². The van der Waals surface area contributed by atoms with E-state index in [-0.39, 0.29) is 36.8 Å². The molecule has 1 fully saturated rings. The molecule has 5 nitrogen and oxygen atoms in total. The topological polar surface area (TPSA) is 86.6 Å². The van der Waals surface area contributed by atoms with Crippen LogP contribution in [0.25, 0.3) is 0 Å². The number of hydrogen-bond acceptors (Lipinski definition) is 3. The number of nitrogens with one attached hydrogen (secondary N) is 1. The molecule has 0 aromatic carbocycles. The van der Waals surface area contributed by atoms with Crippen LogP contribution in [0.1, 0.15) is 52.9 Å². The molecule has 3 unspecified atom stereocenters. The van der Waals surface area contributed by atoms with E-state index >= 15 is 0 Å². The van der Waals surface area contributed by atoms with E-state index in [4.69, 9.17) is 0 Å². The molecule has 3 N–H and O–H groups in total. The van der Waals surface area contributed by atoms with E-state index in [0.29, 0.717) is 0 Å². The van der Waals surface area contributed by atoms with Crippen molar-refractivity contribution in [1.29, 1.82) is 0 Å². The van der Waals surface area contributed by atoms with Gasteiger partial charge in [0.2, 0.25) is 5.91 Å². The Morgan fingerprint density at radius 2 is 1.90 bits per heavy atom. The molecule has 3 atom stereocenters. The van der Waals surface area contributed by atoms with Gasteiger partial charge in [0.15, 0.2) is 0 Å². The van der Waals surface area contributed by atoms with Crippen molar-refractivity contribution in [2.45, 2.75) is 58.9 Å². The van der Waals surface area contributed by atoms with Crippen molar-refractivity contribution in [3.63, 3.8) is 0 Å². The summed E-state index contributed by atoms with van der Waals surface area (Å²) >= 11 is 0. The van der Waals surface area contributed by atoms with Crippen LogP contribution in [0.2, 0.25) is 0 Å². The normalized spacial score (nSPS) is 26.1. The van der Waals surface area contributed by atoms with Gasteiger partial charge in [0.1, 0.15) is 0 Å². The maximum atomic E-state index is 12.1. The van der Waals surface area contributed by atoms with Crippen molar-refractivity contribution in [1.82, 2.24) is 5.32 Å². The van der Waals surface area contributed by atoms with Crippen molar-refractivity contribution >= 4 is 11.9 Å². The van der Waals surface area contributed by atoms with Crippen LogP contribution in [0.4, 0.5) is 0 Å². The van der Waals surface area contributed by atoms with E-state index < -0.39 is 11.4 Å². The summed E-state index contributed by atoms with van der Waals surface area (Å²) in [4.78, 5) is 23.5. The van der Waals surface area contributed by atoms with Gasteiger partial charge in [0, 0.05) is 25.0 Å². The molecule has 20 heavy (non-hydrogen) atoms. The van der Waals surface area contributed by atoms with Crippen LogP contribution in [0.15, 0.2) is 0 Å². The number of amides is 1. The van der Waals surface area contributed by atoms with E-state index in [1.807, 2.05) is 13.8 Å². The molecule has 116 valence electrons. The van der Waals surface area contributed by atoms with E-state index in [1.54, 1.807) is 6.92 Å². The molecule has 1 rings (SSSR count). The van der Waals surface area contributed by atoms with Crippen molar-refractivity contribution in [3.8, 4) is 0 Å². The summed E-state index contributed by atoms with van der Waals surface area (Å²) in [6, 6.07) is -0.0218. The number of hydrogen-bond donors (Lipinski definition) is 3. The van der Waals surface area contributed by atoms with Crippen LogP contribution in [-0.2, 0) is 9.59 Å². The zero-order valence-corrected chi connectivity index (χ0v) is 12.7. The third-order valence-electron chi connectivity index (χ3n) is 4.78. The lowest BCUT2D eigenvalue weighted by atomic mass is 9.76. The fraction of sp³-hybridized carbons (Fsp3) is 0.867. The fourth-order valence-corrected chi connectivity index (χ4v) is 2.73. The highest BCUT2D eigenvalue weighted by Crippen LogP contribution is 2.32. The SMILES string of the molecule is CC(C)C(C)(CC(=O)NC1CCCCC1CO)C(=O)O. The van der Waals surface area contributed by atoms with E-state index in [9.17, 15) is 19.8 Å². The van der Waals surface area contributed by atoms with Crippen LogP contribution < -0.4 is 5.32 Å². The number of carboxylic acid groups (broad SMARTS) is 1. The highest BCUT2D eigenvalue weighted by atomic mass is 16.4. The first kappa shape index (κ1) is 17.0. The molecular formula is C15H27NO4. The predicted octanol–water partition coefficient (Wildman–Crippen LogP) is 1.79. The lowest BCUT2D eigenvalue weighted by molar-refractivity contribution is -0.153.